The molecule has 0 saturated carbocycles. The number of esters is 3. The summed E-state index contributed by atoms with van der Waals surface area (Å²) in [6.45, 7) is -0.824. The first-order valence-corrected chi connectivity index (χ1v) is 23.5. The number of methoxy groups -OCH3 is 1. The molecule has 2 saturated heterocycles. The molecule has 0 radical (unpaired) electrons. The van der Waals surface area contributed by atoms with Gasteiger partial charge in [0.2, 0.25) is 6.54 Å². The molecule has 6 aromatic carbocycles. The molecule has 0 amide bonds. The molecule has 374 valence electrons. The van der Waals surface area contributed by atoms with Gasteiger partial charge in [0.15, 0.2) is 30.9 Å². The Morgan fingerprint density at radius 2 is 0.847 bits per heavy atom. The zero-order valence-electron chi connectivity index (χ0n) is 39.4. The van der Waals surface area contributed by atoms with Gasteiger partial charge in [-0.15, -0.1) is 0 Å². The fourth-order valence-corrected chi connectivity index (χ4v) is 8.53. The van der Waals surface area contributed by atoms with Crippen LogP contribution in [0.25, 0.3) is 0 Å². The maximum Gasteiger partial charge on any atom is 0.338 e. The number of rotatable bonds is 22. The number of hydrogen-bond acceptors (Lipinski definition) is 15. The highest BCUT2D eigenvalue weighted by atomic mass is 16.7. The molecule has 0 aromatic heterocycles. The van der Waals surface area contributed by atoms with Crippen LogP contribution in [-0.4, -0.2) is 105 Å². The standard InChI is InChI=1S/C56H55NO15/c1-63-56-51(72-54(60)43-30-18-7-19-31-43)50(71-53(59)42-28-16-6-17-29-42)49(70-52(58)41-26-14-5-15-27-41)46(69-56)37-67-55-44(32-57(61)62)47(65-34-39-22-10-3-11-23-39)48(66-35-40-24-12-4-13-25-40)45(68-55)36-64-33-38-20-8-2-9-21-38/h2-31,44-51,55-56H,32-37H2,1H3/t44-,45-,46-,47-,48-,49-,50+,51-,55+,56+/m1/s1. The van der Waals surface area contributed by atoms with Gasteiger partial charge in [-0.05, 0) is 53.1 Å². The molecule has 0 spiro atoms. The van der Waals surface area contributed by atoms with Gasteiger partial charge in [-0.25, -0.2) is 14.4 Å². The summed E-state index contributed by atoms with van der Waals surface area (Å²) in [6.07, 6.45) is -11.7. The summed E-state index contributed by atoms with van der Waals surface area (Å²) in [4.78, 5) is 54.1. The number of nitrogens with zero attached hydrogens (tertiary/aromatic N) is 1. The Morgan fingerprint density at radius 3 is 1.31 bits per heavy atom. The SMILES string of the molecule is CO[C@H]1O[C@H](CO[C@H]2O[C@H](COCc3ccccc3)[C@@H](OCc3ccccc3)[C@H](OCc3ccccc3)[C@H]2C[N+](=O)[O-])[C@@H](OC(=O)c2ccccc2)[C@H](OC(=O)c2ccccc2)[C@H]1OC(=O)c1ccccc1. The largest absolute Gasteiger partial charge is 0.452 e. The number of hydrogen-bond donors (Lipinski definition) is 0. The lowest BCUT2D eigenvalue weighted by Gasteiger charge is -2.46. The third-order valence-corrected chi connectivity index (χ3v) is 12.1. The lowest BCUT2D eigenvalue weighted by molar-refractivity contribution is -0.503. The molecule has 2 heterocycles. The van der Waals surface area contributed by atoms with Crippen molar-refractivity contribution in [2.45, 2.75) is 75.1 Å². The molecule has 2 aliphatic rings. The Hall–Kier alpha value is -7.15. The van der Waals surface area contributed by atoms with E-state index in [9.17, 15) is 24.5 Å². The van der Waals surface area contributed by atoms with Gasteiger partial charge in [-0.3, -0.25) is 10.1 Å². The molecule has 10 atom stereocenters. The van der Waals surface area contributed by atoms with Crippen LogP contribution in [0.3, 0.4) is 0 Å². The van der Waals surface area contributed by atoms with Crippen LogP contribution in [0.4, 0.5) is 0 Å². The minimum atomic E-state index is -1.58. The van der Waals surface area contributed by atoms with Crippen LogP contribution in [-0.2, 0) is 67.2 Å². The van der Waals surface area contributed by atoms with Gasteiger partial charge in [-0.2, -0.15) is 0 Å². The van der Waals surface area contributed by atoms with E-state index in [1.807, 2.05) is 91.0 Å². The first-order chi connectivity index (χ1) is 35.2. The predicted molar refractivity (Wildman–Crippen MR) is 259 cm³/mol. The maximum absolute atomic E-state index is 14.1. The minimum Gasteiger partial charge on any atom is -0.452 e. The van der Waals surface area contributed by atoms with Crippen LogP contribution in [0.5, 0.6) is 0 Å². The van der Waals surface area contributed by atoms with Crippen molar-refractivity contribution in [2.24, 2.45) is 5.92 Å². The number of nitro groups is 1. The van der Waals surface area contributed by atoms with E-state index in [0.717, 1.165) is 16.7 Å². The molecule has 6 aromatic rings. The molecular formula is C56H55NO15. The predicted octanol–water partition coefficient (Wildman–Crippen LogP) is 8.06. The molecular weight excluding hydrogens is 927 g/mol. The van der Waals surface area contributed by atoms with E-state index in [4.69, 9.17) is 47.4 Å². The van der Waals surface area contributed by atoms with Crippen LogP contribution in [0.2, 0.25) is 0 Å². The highest BCUT2D eigenvalue weighted by Crippen LogP contribution is 2.36. The summed E-state index contributed by atoms with van der Waals surface area (Å²) in [7, 11) is 1.31. The Balaban J connectivity index is 1.15. The van der Waals surface area contributed by atoms with Crippen LogP contribution in [0.1, 0.15) is 47.8 Å². The molecule has 0 aliphatic carbocycles. The van der Waals surface area contributed by atoms with Crippen molar-refractivity contribution in [1.29, 1.82) is 0 Å². The highest BCUT2D eigenvalue weighted by Gasteiger charge is 2.55. The molecule has 8 rings (SSSR count). The van der Waals surface area contributed by atoms with Crippen LogP contribution < -0.4 is 0 Å². The fourth-order valence-electron chi connectivity index (χ4n) is 8.53. The van der Waals surface area contributed by atoms with E-state index in [1.165, 1.54) is 31.4 Å². The van der Waals surface area contributed by atoms with Gasteiger partial charge in [0.1, 0.15) is 30.3 Å². The lowest BCUT2D eigenvalue weighted by atomic mass is 9.90. The molecule has 16 heteroatoms. The van der Waals surface area contributed by atoms with Crippen molar-refractivity contribution >= 4 is 17.9 Å². The summed E-state index contributed by atoms with van der Waals surface area (Å²) in [6, 6.07) is 52.7. The summed E-state index contributed by atoms with van der Waals surface area (Å²) in [5, 5.41) is 12.7. The van der Waals surface area contributed by atoms with Crippen molar-refractivity contribution in [2.75, 3.05) is 26.9 Å². The molecule has 0 bridgehead atoms. The van der Waals surface area contributed by atoms with E-state index < -0.39 is 97.2 Å². The molecule has 0 N–H and O–H groups in total. The van der Waals surface area contributed by atoms with Crippen molar-refractivity contribution in [1.82, 2.24) is 0 Å². The average molecular weight is 982 g/mol. The van der Waals surface area contributed by atoms with E-state index in [2.05, 4.69) is 0 Å². The third-order valence-electron chi connectivity index (χ3n) is 12.1. The van der Waals surface area contributed by atoms with E-state index in [0.29, 0.717) is 0 Å². The smallest absolute Gasteiger partial charge is 0.338 e. The van der Waals surface area contributed by atoms with Gasteiger partial charge < -0.3 is 47.4 Å². The fraction of sp³-hybridized carbons (Fsp3) is 0.304. The summed E-state index contributed by atoms with van der Waals surface area (Å²) >= 11 is 0. The molecule has 2 aliphatic heterocycles. The quantitative estimate of drug-likeness (QED) is 0.0275. The summed E-state index contributed by atoms with van der Waals surface area (Å²) in [5.41, 5.74) is 3.03. The molecule has 0 unspecified atom stereocenters. The Labute approximate surface area is 416 Å². The van der Waals surface area contributed by atoms with Gasteiger partial charge in [0.05, 0.1) is 49.7 Å². The van der Waals surface area contributed by atoms with Crippen molar-refractivity contribution in [3.8, 4) is 0 Å². The Morgan fingerprint density at radius 1 is 0.458 bits per heavy atom. The lowest BCUT2D eigenvalue weighted by Crippen LogP contribution is -2.64. The molecule has 16 nitrogen and oxygen atoms in total. The monoisotopic (exact) mass is 981 g/mol. The maximum atomic E-state index is 14.1. The zero-order chi connectivity index (χ0) is 50.1. The van der Waals surface area contributed by atoms with Crippen molar-refractivity contribution < 1.29 is 66.7 Å². The van der Waals surface area contributed by atoms with Crippen LogP contribution in [0, 0.1) is 16.0 Å². The number of benzene rings is 6. The highest BCUT2D eigenvalue weighted by molar-refractivity contribution is 5.91. The van der Waals surface area contributed by atoms with E-state index in [1.54, 1.807) is 66.7 Å². The molecule has 2 fully saturated rings. The second-order valence-electron chi connectivity index (χ2n) is 17.1. The summed E-state index contributed by atoms with van der Waals surface area (Å²) < 4.78 is 63.6. The number of carbonyl (C=O) groups is 3. The second kappa shape index (κ2) is 25.8. The van der Waals surface area contributed by atoms with E-state index >= 15 is 0 Å². The number of ether oxygens (including phenoxy) is 10. The van der Waals surface area contributed by atoms with Gasteiger partial charge in [0, 0.05) is 12.0 Å². The second-order valence-corrected chi connectivity index (χ2v) is 17.1. The normalized spacial score (nSPS) is 23.8. The Kier molecular flexibility index (Phi) is 18.4. The minimum absolute atomic E-state index is 0.0421. The van der Waals surface area contributed by atoms with Gasteiger partial charge in [0.25, 0.3) is 0 Å². The Bertz CT molecular complexity index is 2610. The van der Waals surface area contributed by atoms with Gasteiger partial charge >= 0.3 is 17.9 Å². The first-order valence-electron chi connectivity index (χ1n) is 23.5. The topological polar surface area (TPSA) is 187 Å². The first kappa shape index (κ1) is 51.2. The third kappa shape index (κ3) is 13.8. The van der Waals surface area contributed by atoms with Crippen LogP contribution >= 0.6 is 0 Å². The van der Waals surface area contributed by atoms with Crippen LogP contribution in [0.15, 0.2) is 182 Å². The van der Waals surface area contributed by atoms with E-state index in [-0.39, 0.29) is 43.1 Å². The zero-order valence-corrected chi connectivity index (χ0v) is 39.4. The average Bonchev–Trinajstić information content (AvgIpc) is 3.42. The van der Waals surface area contributed by atoms with Gasteiger partial charge in [-0.1, -0.05) is 146 Å². The van der Waals surface area contributed by atoms with Crippen molar-refractivity contribution in [3.05, 3.63) is 225 Å². The summed E-state index contributed by atoms with van der Waals surface area (Å²) in [5.74, 6) is -3.59. The number of carbonyl (C=O) groups excluding carboxylic acids is 3. The van der Waals surface area contributed by atoms with Crippen molar-refractivity contribution in [3.63, 3.8) is 0 Å². The molecule has 72 heavy (non-hydrogen) atoms.